The van der Waals surface area contributed by atoms with Crippen LogP contribution in [0.5, 0.6) is 0 Å². The van der Waals surface area contributed by atoms with Crippen molar-refractivity contribution in [3.63, 3.8) is 0 Å². The number of amides is 1. The summed E-state index contributed by atoms with van der Waals surface area (Å²) in [6.45, 7) is 6.16. The first-order chi connectivity index (χ1) is 12.5. The zero-order valence-corrected chi connectivity index (χ0v) is 15.2. The summed E-state index contributed by atoms with van der Waals surface area (Å²) in [5.41, 5.74) is 6.13. The van der Waals surface area contributed by atoms with E-state index in [-0.39, 0.29) is 12.1 Å². The average Bonchev–Trinajstić information content (AvgIpc) is 2.87. The molecule has 4 rings (SSSR count). The van der Waals surface area contributed by atoms with Crippen LogP contribution in [-0.2, 0) is 0 Å². The highest BCUT2D eigenvalue weighted by Crippen LogP contribution is 2.37. The van der Waals surface area contributed by atoms with E-state index in [0.29, 0.717) is 5.82 Å². The summed E-state index contributed by atoms with van der Waals surface area (Å²) in [4.78, 5) is 19.3. The van der Waals surface area contributed by atoms with Crippen LogP contribution >= 0.6 is 0 Å². The zero-order valence-electron chi connectivity index (χ0n) is 15.2. The van der Waals surface area contributed by atoms with Crippen LogP contribution in [0.2, 0.25) is 0 Å². The molecule has 1 amide bonds. The van der Waals surface area contributed by atoms with Crippen LogP contribution in [0.15, 0.2) is 60.8 Å². The predicted octanol–water partition coefficient (Wildman–Crippen LogP) is 4.78. The summed E-state index contributed by atoms with van der Waals surface area (Å²) in [7, 11) is 0. The maximum atomic E-state index is 13.1. The summed E-state index contributed by atoms with van der Waals surface area (Å²) >= 11 is 0. The van der Waals surface area contributed by atoms with Crippen LogP contribution in [0.1, 0.15) is 38.8 Å². The Morgan fingerprint density at radius 3 is 2.38 bits per heavy atom. The maximum absolute atomic E-state index is 13.1. The molecule has 1 unspecified atom stereocenters. The third-order valence-corrected chi connectivity index (χ3v) is 4.64. The van der Waals surface area contributed by atoms with Crippen molar-refractivity contribution in [2.45, 2.75) is 26.9 Å². The summed E-state index contributed by atoms with van der Waals surface area (Å²) < 4.78 is 0. The van der Waals surface area contributed by atoms with Crippen molar-refractivity contribution < 1.29 is 4.79 Å². The largest absolute Gasteiger partial charge is 0.361 e. The van der Waals surface area contributed by atoms with Gasteiger partial charge in [-0.05, 0) is 67.8 Å². The Hall–Kier alpha value is -3.14. The quantitative estimate of drug-likeness (QED) is 0.744. The molecular weight excluding hydrogens is 322 g/mol. The summed E-state index contributed by atoms with van der Waals surface area (Å²) in [6, 6.07) is 18.0. The Morgan fingerprint density at radius 2 is 1.65 bits per heavy atom. The second-order valence-corrected chi connectivity index (χ2v) is 6.88. The number of aromatic nitrogens is 1. The van der Waals surface area contributed by atoms with Crippen LogP contribution in [-0.4, -0.2) is 10.9 Å². The molecule has 1 aliphatic rings. The van der Waals surface area contributed by atoms with Gasteiger partial charge < -0.3 is 5.32 Å². The van der Waals surface area contributed by atoms with E-state index in [1.807, 2.05) is 43.3 Å². The number of carbonyl (C=O) groups excluding carboxylic acids is 1. The molecule has 0 saturated heterocycles. The van der Waals surface area contributed by atoms with E-state index in [4.69, 9.17) is 0 Å². The molecule has 130 valence electrons. The first-order valence-electron chi connectivity index (χ1n) is 8.73. The number of benzene rings is 2. The van der Waals surface area contributed by atoms with Crippen LogP contribution in [0.4, 0.5) is 11.5 Å². The van der Waals surface area contributed by atoms with Crippen LogP contribution < -0.4 is 10.2 Å². The minimum Gasteiger partial charge on any atom is -0.361 e. The number of pyridine rings is 1. The van der Waals surface area contributed by atoms with Gasteiger partial charge in [0, 0.05) is 23.0 Å². The van der Waals surface area contributed by atoms with Gasteiger partial charge in [-0.25, -0.2) is 4.98 Å². The van der Waals surface area contributed by atoms with Gasteiger partial charge in [-0.15, -0.1) is 0 Å². The van der Waals surface area contributed by atoms with Crippen LogP contribution in [0.25, 0.3) is 0 Å². The monoisotopic (exact) mass is 343 g/mol. The number of nitrogens with one attached hydrogen (secondary N) is 1. The lowest BCUT2D eigenvalue weighted by Crippen LogP contribution is -2.33. The Morgan fingerprint density at radius 1 is 0.923 bits per heavy atom. The third-order valence-electron chi connectivity index (χ3n) is 4.64. The molecule has 0 aliphatic carbocycles. The molecule has 1 atom stereocenters. The van der Waals surface area contributed by atoms with E-state index in [1.54, 1.807) is 11.1 Å². The maximum Gasteiger partial charge on any atom is 0.261 e. The summed E-state index contributed by atoms with van der Waals surface area (Å²) in [5.74, 6) is 0.633. The number of aryl methyl sites for hydroxylation is 3. The van der Waals surface area contributed by atoms with Gasteiger partial charge in [-0.2, -0.15) is 0 Å². The molecule has 3 aromatic rings. The van der Waals surface area contributed by atoms with E-state index in [9.17, 15) is 4.79 Å². The normalized spacial score (nSPS) is 15.9. The van der Waals surface area contributed by atoms with Crippen molar-refractivity contribution in [2.24, 2.45) is 0 Å². The number of anilines is 2. The molecule has 0 bridgehead atoms. The number of hydrogen-bond donors (Lipinski definition) is 1. The van der Waals surface area contributed by atoms with Crippen molar-refractivity contribution in [3.8, 4) is 0 Å². The molecule has 1 aliphatic heterocycles. The Kier molecular flexibility index (Phi) is 3.96. The van der Waals surface area contributed by atoms with Crippen LogP contribution in [0.3, 0.4) is 0 Å². The lowest BCUT2D eigenvalue weighted by molar-refractivity contribution is 0.0992. The van der Waals surface area contributed by atoms with Gasteiger partial charge in [0.1, 0.15) is 12.0 Å². The number of nitrogens with zero attached hydrogens (tertiary/aromatic N) is 2. The lowest BCUT2D eigenvalue weighted by Gasteiger charge is -2.26. The van der Waals surface area contributed by atoms with E-state index in [1.165, 1.54) is 11.1 Å². The first-order valence-corrected chi connectivity index (χ1v) is 8.73. The van der Waals surface area contributed by atoms with Gasteiger partial charge in [0.25, 0.3) is 5.91 Å². The number of rotatable bonds is 3. The number of hydrogen-bond acceptors (Lipinski definition) is 3. The van der Waals surface area contributed by atoms with Gasteiger partial charge in [0.2, 0.25) is 0 Å². The average molecular weight is 343 g/mol. The Labute approximate surface area is 153 Å². The fourth-order valence-corrected chi connectivity index (χ4v) is 3.56. The molecule has 2 aromatic carbocycles. The standard InChI is InChI=1S/C22H21N3O/c1-14-8-9-23-20(13-14)25-21(18-6-4-5-7-19(18)22(25)26)24-17-11-15(2)10-16(3)12-17/h4-13,21,24H,1-3H3. The van der Waals surface area contributed by atoms with Crippen LogP contribution in [0, 0.1) is 20.8 Å². The summed E-state index contributed by atoms with van der Waals surface area (Å²) in [6.07, 6.45) is 1.46. The molecule has 4 heteroatoms. The summed E-state index contributed by atoms with van der Waals surface area (Å²) in [5, 5.41) is 3.54. The Bertz CT molecular complexity index is 976. The van der Waals surface area contributed by atoms with E-state index in [0.717, 1.165) is 22.4 Å². The minimum atomic E-state index is -0.283. The molecule has 26 heavy (non-hydrogen) atoms. The molecule has 0 fully saturated rings. The molecule has 2 heterocycles. The van der Waals surface area contributed by atoms with Crippen molar-refractivity contribution in [1.29, 1.82) is 0 Å². The fourth-order valence-electron chi connectivity index (χ4n) is 3.56. The van der Waals surface area contributed by atoms with Gasteiger partial charge in [-0.3, -0.25) is 9.69 Å². The predicted molar refractivity (Wildman–Crippen MR) is 105 cm³/mol. The SMILES string of the molecule is Cc1cc(C)cc(NC2c3ccccc3C(=O)N2c2cc(C)ccn2)c1. The van der Waals surface area contributed by atoms with Crippen molar-refractivity contribution in [2.75, 3.05) is 10.2 Å². The van der Waals surface area contributed by atoms with Gasteiger partial charge in [-0.1, -0.05) is 24.3 Å². The molecule has 0 saturated carbocycles. The second-order valence-electron chi connectivity index (χ2n) is 6.88. The second kappa shape index (κ2) is 6.30. The topological polar surface area (TPSA) is 45.2 Å². The Balaban J connectivity index is 1.80. The van der Waals surface area contributed by atoms with Gasteiger partial charge in [0.15, 0.2) is 0 Å². The molecule has 4 nitrogen and oxygen atoms in total. The molecule has 1 aromatic heterocycles. The minimum absolute atomic E-state index is 0.0272. The van der Waals surface area contributed by atoms with Crippen molar-refractivity contribution >= 4 is 17.4 Å². The highest BCUT2D eigenvalue weighted by atomic mass is 16.2. The molecule has 0 radical (unpaired) electrons. The van der Waals surface area contributed by atoms with Gasteiger partial charge >= 0.3 is 0 Å². The third kappa shape index (κ3) is 2.84. The molecule has 1 N–H and O–H groups in total. The highest BCUT2D eigenvalue weighted by Gasteiger charge is 2.38. The van der Waals surface area contributed by atoms with E-state index < -0.39 is 0 Å². The highest BCUT2D eigenvalue weighted by molar-refractivity contribution is 6.11. The van der Waals surface area contributed by atoms with E-state index in [2.05, 4.69) is 42.3 Å². The lowest BCUT2D eigenvalue weighted by atomic mass is 10.1. The molecule has 0 spiro atoms. The first kappa shape index (κ1) is 16.3. The van der Waals surface area contributed by atoms with E-state index >= 15 is 0 Å². The van der Waals surface area contributed by atoms with Crippen molar-refractivity contribution in [1.82, 2.24) is 4.98 Å². The van der Waals surface area contributed by atoms with Crippen molar-refractivity contribution in [3.05, 3.63) is 88.6 Å². The molecular formula is C22H21N3O. The zero-order chi connectivity index (χ0) is 18.3. The number of carbonyl (C=O) groups is 1. The van der Waals surface area contributed by atoms with Gasteiger partial charge in [0.05, 0.1) is 0 Å². The number of fused-ring (bicyclic) bond motifs is 1. The fraction of sp³-hybridized carbons (Fsp3) is 0.182. The smallest absolute Gasteiger partial charge is 0.261 e.